The van der Waals surface area contributed by atoms with Gasteiger partial charge in [-0.3, -0.25) is 0 Å². The largest absolute Gasteiger partial charge is 0.462 e. The Kier molecular flexibility index (Phi) is 3.78. The molecule has 1 aliphatic rings. The van der Waals surface area contributed by atoms with Crippen LogP contribution in [0.1, 0.15) is 39.4 Å². The van der Waals surface area contributed by atoms with Gasteiger partial charge in [0.2, 0.25) is 6.23 Å². The van der Waals surface area contributed by atoms with Crippen molar-refractivity contribution in [3.05, 3.63) is 65.2 Å². The standard InChI is InChI=1S/C17H15NO4/c1-2-21-16(19)11-7-9-12(10-8-11)18-15-13-5-3-4-6-14(13)17(20)22-15/h3-10,15,18H,2H2,1H3/t15-/m0/s1. The number of ether oxygens (including phenoxy) is 2. The number of nitrogens with one attached hydrogen (secondary N) is 1. The first-order chi connectivity index (χ1) is 10.7. The van der Waals surface area contributed by atoms with Crippen molar-refractivity contribution in [2.75, 3.05) is 11.9 Å². The van der Waals surface area contributed by atoms with E-state index in [1.807, 2.05) is 12.1 Å². The lowest BCUT2D eigenvalue weighted by molar-refractivity contribution is 0.0436. The smallest absolute Gasteiger partial charge is 0.340 e. The first-order valence-electron chi connectivity index (χ1n) is 7.02. The molecule has 1 N–H and O–H groups in total. The summed E-state index contributed by atoms with van der Waals surface area (Å²) in [5.74, 6) is -0.692. The van der Waals surface area contributed by atoms with E-state index in [0.717, 1.165) is 11.3 Å². The van der Waals surface area contributed by atoms with E-state index in [-0.39, 0.29) is 11.9 Å². The minimum Gasteiger partial charge on any atom is -0.462 e. The van der Waals surface area contributed by atoms with Crippen LogP contribution in [0.15, 0.2) is 48.5 Å². The zero-order valence-corrected chi connectivity index (χ0v) is 12.0. The zero-order chi connectivity index (χ0) is 15.5. The van der Waals surface area contributed by atoms with Gasteiger partial charge in [-0.1, -0.05) is 18.2 Å². The molecule has 0 fully saturated rings. The molecule has 5 heteroatoms. The molecule has 5 nitrogen and oxygen atoms in total. The fourth-order valence-corrected chi connectivity index (χ4v) is 2.32. The van der Waals surface area contributed by atoms with Gasteiger partial charge in [-0.05, 0) is 37.3 Å². The number of hydrogen-bond donors (Lipinski definition) is 1. The number of carbonyl (C=O) groups is 2. The summed E-state index contributed by atoms with van der Waals surface area (Å²) in [6.45, 7) is 2.10. The fourth-order valence-electron chi connectivity index (χ4n) is 2.32. The van der Waals surface area contributed by atoms with Crippen molar-refractivity contribution in [2.45, 2.75) is 13.2 Å². The lowest BCUT2D eigenvalue weighted by Crippen LogP contribution is -2.10. The molecule has 0 radical (unpaired) electrons. The minimum absolute atomic E-state index is 0.337. The summed E-state index contributed by atoms with van der Waals surface area (Å²) >= 11 is 0. The monoisotopic (exact) mass is 297 g/mol. The summed E-state index contributed by atoms with van der Waals surface area (Å²) in [7, 11) is 0. The number of benzene rings is 2. The Labute approximate surface area is 127 Å². The van der Waals surface area contributed by atoms with E-state index >= 15 is 0 Å². The molecule has 0 amide bonds. The van der Waals surface area contributed by atoms with Crippen molar-refractivity contribution in [2.24, 2.45) is 0 Å². The normalized spacial score (nSPS) is 15.9. The van der Waals surface area contributed by atoms with Crippen LogP contribution >= 0.6 is 0 Å². The first kappa shape index (κ1) is 14.1. The number of esters is 2. The third-order valence-electron chi connectivity index (χ3n) is 3.38. The van der Waals surface area contributed by atoms with Crippen molar-refractivity contribution < 1.29 is 19.1 Å². The van der Waals surface area contributed by atoms with Crippen LogP contribution in [0.25, 0.3) is 0 Å². The van der Waals surface area contributed by atoms with Gasteiger partial charge in [0.15, 0.2) is 0 Å². The lowest BCUT2D eigenvalue weighted by Gasteiger charge is -2.14. The Morgan fingerprint density at radius 3 is 2.64 bits per heavy atom. The number of anilines is 1. The Bertz CT molecular complexity index is 709. The van der Waals surface area contributed by atoms with Crippen molar-refractivity contribution in [1.82, 2.24) is 0 Å². The summed E-state index contributed by atoms with van der Waals surface area (Å²) in [6.07, 6.45) is -0.517. The van der Waals surface area contributed by atoms with Gasteiger partial charge >= 0.3 is 11.9 Å². The van der Waals surface area contributed by atoms with Gasteiger partial charge in [0.05, 0.1) is 17.7 Å². The SMILES string of the molecule is CCOC(=O)c1ccc(N[C@H]2OC(=O)c3ccccc32)cc1. The van der Waals surface area contributed by atoms with E-state index in [2.05, 4.69) is 5.32 Å². The molecule has 22 heavy (non-hydrogen) atoms. The van der Waals surface area contributed by atoms with E-state index in [0.29, 0.717) is 17.7 Å². The maximum atomic E-state index is 11.8. The summed E-state index contributed by atoms with van der Waals surface area (Å²) in [5.41, 5.74) is 2.61. The van der Waals surface area contributed by atoms with E-state index in [4.69, 9.17) is 9.47 Å². The second-order valence-corrected chi connectivity index (χ2v) is 4.81. The molecule has 1 atom stereocenters. The van der Waals surface area contributed by atoms with Gasteiger partial charge in [-0.2, -0.15) is 0 Å². The van der Waals surface area contributed by atoms with Crippen molar-refractivity contribution in [3.8, 4) is 0 Å². The van der Waals surface area contributed by atoms with Crippen molar-refractivity contribution in [3.63, 3.8) is 0 Å². The molecule has 1 aliphatic heterocycles. The summed E-state index contributed by atoms with van der Waals surface area (Å²) in [6, 6.07) is 14.1. The molecular weight excluding hydrogens is 282 g/mol. The van der Waals surface area contributed by atoms with Crippen LogP contribution in [-0.4, -0.2) is 18.5 Å². The van der Waals surface area contributed by atoms with Crippen LogP contribution in [0.3, 0.4) is 0 Å². The molecule has 0 saturated heterocycles. The average Bonchev–Trinajstić information content (AvgIpc) is 2.85. The highest BCUT2D eigenvalue weighted by atomic mass is 16.6. The van der Waals surface area contributed by atoms with Crippen LogP contribution in [0.2, 0.25) is 0 Å². The van der Waals surface area contributed by atoms with E-state index in [9.17, 15) is 9.59 Å². The Morgan fingerprint density at radius 1 is 1.18 bits per heavy atom. The molecule has 0 saturated carbocycles. The number of cyclic esters (lactones) is 1. The molecule has 1 heterocycles. The molecule has 0 spiro atoms. The van der Waals surface area contributed by atoms with E-state index in [1.54, 1.807) is 43.3 Å². The van der Waals surface area contributed by atoms with Crippen LogP contribution in [0, 0.1) is 0 Å². The fraction of sp³-hybridized carbons (Fsp3) is 0.176. The lowest BCUT2D eigenvalue weighted by atomic mass is 10.1. The highest BCUT2D eigenvalue weighted by molar-refractivity contribution is 5.94. The molecule has 0 aromatic heterocycles. The molecule has 2 aromatic carbocycles. The predicted molar refractivity (Wildman–Crippen MR) is 80.6 cm³/mol. The molecule has 112 valence electrons. The predicted octanol–water partition coefficient (Wildman–Crippen LogP) is 3.14. The topological polar surface area (TPSA) is 64.6 Å². The second-order valence-electron chi connectivity index (χ2n) is 4.81. The molecule has 2 aromatic rings. The molecule has 3 rings (SSSR count). The maximum Gasteiger partial charge on any atom is 0.340 e. The van der Waals surface area contributed by atoms with Crippen LogP contribution in [0.4, 0.5) is 5.69 Å². The third kappa shape index (κ3) is 2.65. The van der Waals surface area contributed by atoms with Crippen LogP contribution in [0.5, 0.6) is 0 Å². The van der Waals surface area contributed by atoms with Crippen LogP contribution in [-0.2, 0) is 9.47 Å². The summed E-state index contributed by atoms with van der Waals surface area (Å²) in [5, 5.41) is 3.13. The van der Waals surface area contributed by atoms with Gasteiger partial charge in [0.25, 0.3) is 0 Å². The maximum absolute atomic E-state index is 11.8. The van der Waals surface area contributed by atoms with Gasteiger partial charge in [0.1, 0.15) is 0 Å². The third-order valence-corrected chi connectivity index (χ3v) is 3.38. The average molecular weight is 297 g/mol. The van der Waals surface area contributed by atoms with Gasteiger partial charge in [-0.15, -0.1) is 0 Å². The van der Waals surface area contributed by atoms with Crippen molar-refractivity contribution in [1.29, 1.82) is 0 Å². The molecule has 0 aliphatic carbocycles. The summed E-state index contributed by atoms with van der Waals surface area (Å²) < 4.78 is 10.2. The number of hydrogen-bond acceptors (Lipinski definition) is 5. The van der Waals surface area contributed by atoms with E-state index < -0.39 is 6.23 Å². The number of carbonyl (C=O) groups excluding carboxylic acids is 2. The molecular formula is C17H15NO4. The second kappa shape index (κ2) is 5.89. The summed E-state index contributed by atoms with van der Waals surface area (Å²) in [4.78, 5) is 23.4. The zero-order valence-electron chi connectivity index (χ0n) is 12.0. The van der Waals surface area contributed by atoms with Gasteiger partial charge in [0, 0.05) is 11.3 Å². The molecule has 0 unspecified atom stereocenters. The first-order valence-corrected chi connectivity index (χ1v) is 7.02. The number of fused-ring (bicyclic) bond motifs is 1. The minimum atomic E-state index is -0.517. The molecule has 0 bridgehead atoms. The highest BCUT2D eigenvalue weighted by Gasteiger charge is 2.30. The van der Waals surface area contributed by atoms with Gasteiger partial charge < -0.3 is 14.8 Å². The highest BCUT2D eigenvalue weighted by Crippen LogP contribution is 2.31. The Hall–Kier alpha value is -2.82. The van der Waals surface area contributed by atoms with E-state index in [1.165, 1.54) is 0 Å². The Morgan fingerprint density at radius 2 is 1.91 bits per heavy atom. The van der Waals surface area contributed by atoms with Crippen molar-refractivity contribution >= 4 is 17.6 Å². The van der Waals surface area contributed by atoms with Crippen LogP contribution < -0.4 is 5.32 Å². The quantitative estimate of drug-likeness (QED) is 0.878. The van der Waals surface area contributed by atoms with Gasteiger partial charge in [-0.25, -0.2) is 9.59 Å². The Balaban J connectivity index is 1.75. The number of rotatable bonds is 4.